The molecule has 0 atom stereocenters. The van der Waals surface area contributed by atoms with Gasteiger partial charge in [-0.3, -0.25) is 14.9 Å². The minimum Gasteiger partial charge on any atom is -0.452 e. The number of para-hydroxylation sites is 1. The molecule has 2 aromatic carbocycles. The average Bonchev–Trinajstić information content (AvgIpc) is 2.57. The van der Waals surface area contributed by atoms with Crippen molar-refractivity contribution in [2.45, 2.75) is 13.8 Å². The number of anilines is 1. The highest BCUT2D eigenvalue weighted by atomic mass is 79.9. The molecule has 0 heterocycles. The molecule has 0 saturated heterocycles. The molecule has 1 N–H and O–H groups in total. The number of nitrogens with zero attached hydrogens (tertiary/aromatic N) is 1. The third-order valence-electron chi connectivity index (χ3n) is 3.38. The summed E-state index contributed by atoms with van der Waals surface area (Å²) in [6, 6.07) is 8.96. The second-order valence-corrected chi connectivity index (χ2v) is 6.12. The molecule has 0 unspecified atom stereocenters. The molecule has 7 nitrogen and oxygen atoms in total. The Labute approximate surface area is 152 Å². The van der Waals surface area contributed by atoms with E-state index < -0.39 is 23.4 Å². The number of rotatable bonds is 5. The first-order valence-corrected chi connectivity index (χ1v) is 8.06. The predicted octanol–water partition coefficient (Wildman–Crippen LogP) is 3.77. The van der Waals surface area contributed by atoms with Crippen molar-refractivity contribution in [2.75, 3.05) is 11.9 Å². The van der Waals surface area contributed by atoms with Crippen LogP contribution in [0.25, 0.3) is 0 Å². The molecule has 0 saturated carbocycles. The zero-order valence-electron chi connectivity index (χ0n) is 13.5. The maximum absolute atomic E-state index is 12.0. The highest BCUT2D eigenvalue weighted by molar-refractivity contribution is 9.10. The largest absolute Gasteiger partial charge is 0.452 e. The van der Waals surface area contributed by atoms with Crippen molar-refractivity contribution in [2.24, 2.45) is 0 Å². The Kier molecular flexibility index (Phi) is 5.87. The number of nitro groups is 1. The Morgan fingerprint density at radius 3 is 2.40 bits per heavy atom. The molecule has 130 valence electrons. The van der Waals surface area contributed by atoms with Crippen LogP contribution in [0, 0.1) is 24.0 Å². The molecule has 0 aliphatic heterocycles. The fourth-order valence-corrected chi connectivity index (χ4v) is 2.46. The Bertz CT molecular complexity index is 828. The minimum absolute atomic E-state index is 0.198. The molecule has 0 bridgehead atoms. The number of nitro benzene ring substituents is 1. The van der Waals surface area contributed by atoms with Crippen LogP contribution in [0.5, 0.6) is 0 Å². The van der Waals surface area contributed by atoms with Crippen molar-refractivity contribution >= 4 is 39.2 Å². The van der Waals surface area contributed by atoms with E-state index in [4.69, 9.17) is 4.74 Å². The van der Waals surface area contributed by atoms with E-state index in [1.54, 1.807) is 12.1 Å². The molecule has 0 aliphatic carbocycles. The lowest BCUT2D eigenvalue weighted by Crippen LogP contribution is -2.21. The molecule has 2 aromatic rings. The van der Waals surface area contributed by atoms with Crippen molar-refractivity contribution in [1.29, 1.82) is 0 Å². The smallest absolute Gasteiger partial charge is 0.345 e. The maximum atomic E-state index is 12.0. The number of amides is 1. The van der Waals surface area contributed by atoms with E-state index >= 15 is 0 Å². The number of nitrogens with one attached hydrogen (secondary N) is 1. The second-order valence-electron chi connectivity index (χ2n) is 5.32. The number of benzene rings is 2. The average molecular weight is 407 g/mol. The van der Waals surface area contributed by atoms with E-state index in [2.05, 4.69) is 21.2 Å². The maximum Gasteiger partial charge on any atom is 0.345 e. The highest BCUT2D eigenvalue weighted by Gasteiger charge is 2.21. The van der Waals surface area contributed by atoms with E-state index in [9.17, 15) is 19.7 Å². The topological polar surface area (TPSA) is 98.5 Å². The highest BCUT2D eigenvalue weighted by Crippen LogP contribution is 2.25. The number of aryl methyl sites for hydroxylation is 2. The van der Waals surface area contributed by atoms with Crippen molar-refractivity contribution in [3.05, 3.63) is 67.7 Å². The summed E-state index contributed by atoms with van der Waals surface area (Å²) in [4.78, 5) is 34.1. The second kappa shape index (κ2) is 7.89. The van der Waals surface area contributed by atoms with Gasteiger partial charge in [0.2, 0.25) is 0 Å². The summed E-state index contributed by atoms with van der Waals surface area (Å²) in [7, 11) is 0. The SMILES string of the molecule is Cc1cc(NC(=O)COC(=O)c2ccccc2[N+](=O)[O-])cc(C)c1Br. The molecule has 25 heavy (non-hydrogen) atoms. The molecule has 2 rings (SSSR count). The van der Waals surface area contributed by atoms with Crippen LogP contribution in [0.4, 0.5) is 11.4 Å². The quantitative estimate of drug-likeness (QED) is 0.462. The minimum atomic E-state index is -0.925. The third kappa shape index (κ3) is 4.63. The number of carbonyl (C=O) groups is 2. The Hall–Kier alpha value is -2.74. The molecular formula is C17H15BrN2O5. The van der Waals surface area contributed by atoms with Gasteiger partial charge in [-0.05, 0) is 43.2 Å². The lowest BCUT2D eigenvalue weighted by molar-refractivity contribution is -0.385. The van der Waals surface area contributed by atoms with Crippen LogP contribution in [-0.4, -0.2) is 23.4 Å². The fourth-order valence-electron chi connectivity index (χ4n) is 2.23. The molecule has 0 spiro atoms. The summed E-state index contributed by atoms with van der Waals surface area (Å²) < 4.78 is 5.82. The Balaban J connectivity index is 2.01. The number of esters is 1. The first-order valence-electron chi connectivity index (χ1n) is 7.26. The van der Waals surface area contributed by atoms with Gasteiger partial charge in [0.15, 0.2) is 6.61 Å². The van der Waals surface area contributed by atoms with Gasteiger partial charge in [-0.15, -0.1) is 0 Å². The fraction of sp³-hybridized carbons (Fsp3) is 0.176. The summed E-state index contributed by atoms with van der Waals surface area (Å²) in [5.41, 5.74) is 1.91. The summed E-state index contributed by atoms with van der Waals surface area (Å²) in [6.45, 7) is 3.24. The number of carbonyl (C=O) groups excluding carboxylic acids is 2. The number of hydrogen-bond donors (Lipinski definition) is 1. The zero-order valence-corrected chi connectivity index (χ0v) is 15.1. The van der Waals surface area contributed by atoms with E-state index in [0.717, 1.165) is 15.6 Å². The zero-order chi connectivity index (χ0) is 18.6. The first kappa shape index (κ1) is 18.6. The van der Waals surface area contributed by atoms with Crippen LogP contribution in [0.3, 0.4) is 0 Å². The van der Waals surface area contributed by atoms with Crippen LogP contribution in [0.1, 0.15) is 21.5 Å². The van der Waals surface area contributed by atoms with Gasteiger partial charge in [-0.25, -0.2) is 4.79 Å². The van der Waals surface area contributed by atoms with Crippen LogP contribution in [0.2, 0.25) is 0 Å². The van der Waals surface area contributed by atoms with Gasteiger partial charge in [0.1, 0.15) is 5.56 Å². The normalized spacial score (nSPS) is 10.2. The van der Waals surface area contributed by atoms with Crippen molar-refractivity contribution in [3.63, 3.8) is 0 Å². The summed E-state index contributed by atoms with van der Waals surface area (Å²) in [5.74, 6) is -1.46. The van der Waals surface area contributed by atoms with Gasteiger partial charge >= 0.3 is 5.97 Å². The summed E-state index contributed by atoms with van der Waals surface area (Å²) in [6.07, 6.45) is 0. The van der Waals surface area contributed by atoms with Crippen LogP contribution >= 0.6 is 15.9 Å². The van der Waals surface area contributed by atoms with Gasteiger partial charge < -0.3 is 10.1 Å². The van der Waals surface area contributed by atoms with Gasteiger partial charge in [0.25, 0.3) is 11.6 Å². The Morgan fingerprint density at radius 2 is 1.80 bits per heavy atom. The van der Waals surface area contributed by atoms with Crippen molar-refractivity contribution in [1.82, 2.24) is 0 Å². The van der Waals surface area contributed by atoms with E-state index in [0.29, 0.717) is 5.69 Å². The van der Waals surface area contributed by atoms with Crippen molar-refractivity contribution in [3.8, 4) is 0 Å². The van der Waals surface area contributed by atoms with Gasteiger partial charge in [-0.1, -0.05) is 28.1 Å². The van der Waals surface area contributed by atoms with Crippen LogP contribution in [0.15, 0.2) is 40.9 Å². The van der Waals surface area contributed by atoms with E-state index in [-0.39, 0.29) is 11.3 Å². The van der Waals surface area contributed by atoms with E-state index in [1.807, 2.05) is 13.8 Å². The van der Waals surface area contributed by atoms with Crippen molar-refractivity contribution < 1.29 is 19.2 Å². The van der Waals surface area contributed by atoms with Crippen LogP contribution < -0.4 is 5.32 Å². The molecule has 0 aliphatic rings. The molecule has 8 heteroatoms. The van der Waals surface area contributed by atoms with Gasteiger partial charge in [0.05, 0.1) is 4.92 Å². The number of halogens is 1. The monoisotopic (exact) mass is 406 g/mol. The lowest BCUT2D eigenvalue weighted by atomic mass is 10.1. The molecule has 0 radical (unpaired) electrons. The summed E-state index contributed by atoms with van der Waals surface area (Å²) >= 11 is 3.44. The van der Waals surface area contributed by atoms with E-state index in [1.165, 1.54) is 24.3 Å². The number of ether oxygens (including phenoxy) is 1. The third-order valence-corrected chi connectivity index (χ3v) is 4.63. The molecule has 0 aromatic heterocycles. The van der Waals surface area contributed by atoms with Gasteiger partial charge in [-0.2, -0.15) is 0 Å². The molecular weight excluding hydrogens is 392 g/mol. The molecule has 1 amide bonds. The lowest BCUT2D eigenvalue weighted by Gasteiger charge is -2.10. The number of hydrogen-bond acceptors (Lipinski definition) is 5. The Morgan fingerprint density at radius 1 is 1.20 bits per heavy atom. The predicted molar refractivity (Wildman–Crippen MR) is 95.6 cm³/mol. The molecule has 0 fully saturated rings. The van der Waals surface area contributed by atoms with Gasteiger partial charge in [0, 0.05) is 16.2 Å². The van der Waals surface area contributed by atoms with Crippen LogP contribution in [-0.2, 0) is 9.53 Å². The summed E-state index contributed by atoms with van der Waals surface area (Å²) in [5, 5.41) is 13.5. The standard InChI is InChI=1S/C17H15BrN2O5/c1-10-7-12(8-11(2)16(10)18)19-15(21)9-25-17(22)13-5-3-4-6-14(13)20(23)24/h3-8H,9H2,1-2H3,(H,19,21). The first-order chi connectivity index (χ1) is 11.8.